The first-order valence-corrected chi connectivity index (χ1v) is 7.59. The number of nitrogens with zero attached hydrogens (tertiary/aromatic N) is 1. The Morgan fingerprint density at radius 3 is 2.36 bits per heavy atom. The second-order valence-corrected chi connectivity index (χ2v) is 5.97. The van der Waals surface area contributed by atoms with Crippen LogP contribution in [0.3, 0.4) is 0 Å². The lowest BCUT2D eigenvalue weighted by molar-refractivity contribution is -0.138. The number of hydrogen-bond donors (Lipinski definition) is 1. The van der Waals surface area contributed by atoms with Gasteiger partial charge < -0.3 is 5.32 Å². The molecular formula is C14H18Cl3F3N2. The van der Waals surface area contributed by atoms with E-state index in [-0.39, 0.29) is 24.9 Å². The third-order valence-electron chi connectivity index (χ3n) is 3.62. The molecule has 0 bridgehead atoms. The molecule has 22 heavy (non-hydrogen) atoms. The topological polar surface area (TPSA) is 15.3 Å². The van der Waals surface area contributed by atoms with Crippen molar-refractivity contribution in [2.45, 2.75) is 25.1 Å². The summed E-state index contributed by atoms with van der Waals surface area (Å²) < 4.78 is 37.7. The van der Waals surface area contributed by atoms with E-state index in [9.17, 15) is 13.2 Å². The molecule has 0 unspecified atom stereocenters. The van der Waals surface area contributed by atoms with E-state index in [1.165, 1.54) is 0 Å². The largest absolute Gasteiger partial charge is 0.389 e. The highest BCUT2D eigenvalue weighted by molar-refractivity contribution is 6.35. The molecule has 2 nitrogen and oxygen atoms in total. The zero-order valence-electron chi connectivity index (χ0n) is 11.8. The molecule has 0 spiro atoms. The lowest BCUT2D eigenvalue weighted by Gasteiger charge is -2.36. The van der Waals surface area contributed by atoms with Crippen LogP contribution >= 0.6 is 35.6 Å². The van der Waals surface area contributed by atoms with Gasteiger partial charge in [-0.1, -0.05) is 29.3 Å². The minimum Gasteiger partial charge on any atom is -0.314 e. The summed E-state index contributed by atoms with van der Waals surface area (Å²) in [5.74, 6) is 0. The van der Waals surface area contributed by atoms with Gasteiger partial charge in [-0.2, -0.15) is 13.2 Å². The Morgan fingerprint density at radius 2 is 1.82 bits per heavy atom. The molecule has 8 heteroatoms. The first-order valence-electron chi connectivity index (χ1n) is 6.83. The summed E-state index contributed by atoms with van der Waals surface area (Å²) >= 11 is 12.1. The second-order valence-electron chi connectivity index (χ2n) is 5.12. The van der Waals surface area contributed by atoms with E-state index >= 15 is 0 Å². The van der Waals surface area contributed by atoms with E-state index in [1.807, 2.05) is 0 Å². The van der Waals surface area contributed by atoms with Crippen molar-refractivity contribution < 1.29 is 13.2 Å². The lowest BCUT2D eigenvalue weighted by Crippen LogP contribution is -2.45. The SMILES string of the molecule is Cl.FC(F)(F)CC[C@@H](c1ccc(Cl)cc1Cl)N1CCNCC1. The van der Waals surface area contributed by atoms with Gasteiger partial charge >= 0.3 is 6.18 Å². The molecule has 1 saturated heterocycles. The van der Waals surface area contributed by atoms with Crippen molar-refractivity contribution in [3.63, 3.8) is 0 Å². The number of rotatable bonds is 4. The molecule has 1 aliphatic heterocycles. The first-order chi connectivity index (χ1) is 9.87. The Bertz CT molecular complexity index is 477. The van der Waals surface area contributed by atoms with Gasteiger partial charge in [0.05, 0.1) is 0 Å². The van der Waals surface area contributed by atoms with Crippen LogP contribution in [0.4, 0.5) is 13.2 Å². The quantitative estimate of drug-likeness (QED) is 0.818. The Morgan fingerprint density at radius 1 is 1.18 bits per heavy atom. The van der Waals surface area contributed by atoms with Gasteiger partial charge in [-0.15, -0.1) is 12.4 Å². The summed E-state index contributed by atoms with van der Waals surface area (Å²) in [6.07, 6.45) is -4.98. The van der Waals surface area contributed by atoms with Crippen molar-refractivity contribution in [1.82, 2.24) is 10.2 Å². The highest BCUT2D eigenvalue weighted by atomic mass is 35.5. The third kappa shape index (κ3) is 5.78. The number of hydrogen-bond acceptors (Lipinski definition) is 2. The predicted octanol–water partition coefficient (Wildman–Crippen LogP) is 4.70. The van der Waals surface area contributed by atoms with Crippen molar-refractivity contribution in [2.24, 2.45) is 0 Å². The molecule has 0 aliphatic carbocycles. The van der Waals surface area contributed by atoms with Crippen LogP contribution in [0, 0.1) is 0 Å². The molecule has 1 aliphatic rings. The predicted molar refractivity (Wildman–Crippen MR) is 86.2 cm³/mol. The minimum absolute atomic E-state index is 0. The summed E-state index contributed by atoms with van der Waals surface area (Å²) in [5.41, 5.74) is 0.715. The maximum atomic E-state index is 12.6. The van der Waals surface area contributed by atoms with Crippen LogP contribution in [0.25, 0.3) is 0 Å². The van der Waals surface area contributed by atoms with Gasteiger partial charge in [0.1, 0.15) is 0 Å². The van der Waals surface area contributed by atoms with Crippen LogP contribution in [0.15, 0.2) is 18.2 Å². The second kappa shape index (κ2) is 8.60. The minimum atomic E-state index is -4.16. The molecule has 126 valence electrons. The van der Waals surface area contributed by atoms with Crippen LogP contribution in [-0.4, -0.2) is 37.3 Å². The van der Waals surface area contributed by atoms with E-state index in [0.717, 1.165) is 13.1 Å². The number of piperazine rings is 1. The van der Waals surface area contributed by atoms with Crippen LogP contribution in [0.2, 0.25) is 10.0 Å². The molecule has 1 aromatic carbocycles. The van der Waals surface area contributed by atoms with E-state index in [4.69, 9.17) is 23.2 Å². The molecule has 0 aromatic heterocycles. The van der Waals surface area contributed by atoms with E-state index in [1.54, 1.807) is 18.2 Å². The highest BCUT2D eigenvalue weighted by Gasteiger charge is 2.32. The summed E-state index contributed by atoms with van der Waals surface area (Å²) in [7, 11) is 0. The molecule has 2 rings (SSSR count). The van der Waals surface area contributed by atoms with Crippen LogP contribution < -0.4 is 5.32 Å². The van der Waals surface area contributed by atoms with Gasteiger partial charge in [0.2, 0.25) is 0 Å². The average Bonchev–Trinajstić information content (AvgIpc) is 2.41. The lowest BCUT2D eigenvalue weighted by atomic mass is 9.99. The fourth-order valence-electron chi connectivity index (χ4n) is 2.60. The average molecular weight is 378 g/mol. The Kier molecular flexibility index (Phi) is 7.75. The number of nitrogens with one attached hydrogen (secondary N) is 1. The summed E-state index contributed by atoms with van der Waals surface area (Å²) in [4.78, 5) is 2.05. The molecule has 1 atom stereocenters. The smallest absolute Gasteiger partial charge is 0.314 e. The zero-order valence-corrected chi connectivity index (χ0v) is 14.1. The van der Waals surface area contributed by atoms with Gasteiger partial charge in [-0.25, -0.2) is 0 Å². The zero-order chi connectivity index (χ0) is 15.5. The van der Waals surface area contributed by atoms with Crippen molar-refractivity contribution in [1.29, 1.82) is 0 Å². The highest BCUT2D eigenvalue weighted by Crippen LogP contribution is 2.35. The molecular weight excluding hydrogens is 360 g/mol. The molecule has 0 saturated carbocycles. The third-order valence-corrected chi connectivity index (χ3v) is 4.18. The van der Waals surface area contributed by atoms with E-state index in [0.29, 0.717) is 28.7 Å². The maximum absolute atomic E-state index is 12.6. The maximum Gasteiger partial charge on any atom is 0.389 e. The first kappa shape index (κ1) is 19.8. The molecule has 1 fully saturated rings. The Hall–Kier alpha value is -0.200. The number of alkyl halides is 3. The fourth-order valence-corrected chi connectivity index (χ4v) is 3.14. The molecule has 0 amide bonds. The van der Waals surface area contributed by atoms with Crippen LogP contribution in [0.1, 0.15) is 24.4 Å². The summed E-state index contributed by atoms with van der Waals surface area (Å²) in [5, 5.41) is 4.11. The summed E-state index contributed by atoms with van der Waals surface area (Å²) in [6.45, 7) is 2.96. The summed E-state index contributed by atoms with van der Waals surface area (Å²) in [6, 6.07) is 4.65. The van der Waals surface area contributed by atoms with E-state index in [2.05, 4.69) is 10.2 Å². The number of benzene rings is 1. The van der Waals surface area contributed by atoms with Gasteiger partial charge in [0.25, 0.3) is 0 Å². The van der Waals surface area contributed by atoms with Crippen molar-refractivity contribution in [3.8, 4) is 0 Å². The molecule has 0 radical (unpaired) electrons. The van der Waals surface area contributed by atoms with Gasteiger partial charge in [-0.3, -0.25) is 4.90 Å². The van der Waals surface area contributed by atoms with Gasteiger partial charge in [0, 0.05) is 48.7 Å². The van der Waals surface area contributed by atoms with E-state index < -0.39 is 12.6 Å². The number of halogens is 6. The van der Waals surface area contributed by atoms with Crippen molar-refractivity contribution in [2.75, 3.05) is 26.2 Å². The standard InChI is InChI=1S/C14H17Cl2F3N2.ClH/c15-10-1-2-11(12(16)9-10)13(3-4-14(17,18)19)21-7-5-20-6-8-21;/h1-2,9,13,20H,3-8H2;1H/t13-;/m0./s1. The van der Waals surface area contributed by atoms with Gasteiger partial charge in [0.15, 0.2) is 0 Å². The molecule has 1 heterocycles. The fraction of sp³-hybridized carbons (Fsp3) is 0.571. The molecule has 1 aromatic rings. The monoisotopic (exact) mass is 376 g/mol. The van der Waals surface area contributed by atoms with Crippen LogP contribution in [-0.2, 0) is 0 Å². The van der Waals surface area contributed by atoms with Crippen molar-refractivity contribution >= 4 is 35.6 Å². The Labute approximate surface area is 144 Å². The Balaban J connectivity index is 0.00000242. The van der Waals surface area contributed by atoms with Crippen LogP contribution in [0.5, 0.6) is 0 Å². The normalized spacial score (nSPS) is 17.9. The van der Waals surface area contributed by atoms with Gasteiger partial charge in [-0.05, 0) is 24.1 Å². The van der Waals surface area contributed by atoms with Crippen molar-refractivity contribution in [3.05, 3.63) is 33.8 Å². The molecule has 1 N–H and O–H groups in total.